The molecular formula is C52H70N12O6. The molecule has 0 fully saturated rings. The van der Waals surface area contributed by atoms with Gasteiger partial charge in [-0.2, -0.15) is 0 Å². The van der Waals surface area contributed by atoms with Crippen molar-refractivity contribution in [2.75, 3.05) is 173 Å². The maximum absolute atomic E-state index is 6.37. The summed E-state index contributed by atoms with van der Waals surface area (Å²) in [5, 5.41) is 7.07. The van der Waals surface area contributed by atoms with E-state index in [1.54, 1.807) is 42.7 Å². The van der Waals surface area contributed by atoms with Crippen molar-refractivity contribution < 1.29 is 28.4 Å². The minimum Gasteiger partial charge on any atom is -0.495 e. The molecule has 18 heteroatoms. The molecule has 6 aromatic carbocycles. The molecule has 0 aliphatic carbocycles. The molecule has 0 saturated heterocycles. The van der Waals surface area contributed by atoms with Crippen LogP contribution in [0.4, 0.5) is 68.2 Å². The zero-order valence-corrected chi connectivity index (χ0v) is 41.2. The lowest BCUT2D eigenvalue weighted by molar-refractivity contribution is 0.416. The molecule has 0 atom stereocenters. The molecule has 18 nitrogen and oxygen atoms in total. The number of nitrogens with two attached hydrogens (primary N) is 6. The third-order valence-electron chi connectivity index (χ3n) is 12.1. The summed E-state index contributed by atoms with van der Waals surface area (Å²) in [6, 6.07) is 34.8. The van der Waals surface area contributed by atoms with E-state index in [9.17, 15) is 0 Å². The van der Waals surface area contributed by atoms with E-state index in [-0.39, 0.29) is 0 Å². The second-order valence-corrected chi connectivity index (χ2v) is 16.4. The van der Waals surface area contributed by atoms with Crippen LogP contribution in [-0.2, 0) is 0 Å². The van der Waals surface area contributed by atoms with Crippen LogP contribution in [0.1, 0.15) is 0 Å². The van der Waals surface area contributed by atoms with Gasteiger partial charge < -0.3 is 93.1 Å². The van der Waals surface area contributed by atoms with Gasteiger partial charge in [-0.15, -0.1) is 0 Å². The molecule has 0 bridgehead atoms. The third kappa shape index (κ3) is 13.2. The van der Waals surface area contributed by atoms with Gasteiger partial charge in [0.25, 0.3) is 0 Å². The Bertz CT molecular complexity index is 2460. The minimum absolute atomic E-state index is 0.548. The van der Waals surface area contributed by atoms with Crippen molar-refractivity contribution >= 4 is 68.2 Å². The first kappa shape index (κ1) is 51.1. The highest BCUT2D eigenvalue weighted by molar-refractivity contribution is 5.68. The number of ether oxygens (including phenoxy) is 6. The number of nitrogens with zero attached hydrogens (tertiary/aromatic N) is 4. The Balaban J connectivity index is 1.29. The van der Waals surface area contributed by atoms with Crippen molar-refractivity contribution in [1.82, 2.24) is 0 Å². The lowest BCUT2D eigenvalue weighted by atomic mass is 10.2. The van der Waals surface area contributed by atoms with Crippen LogP contribution in [0.3, 0.4) is 0 Å². The summed E-state index contributed by atoms with van der Waals surface area (Å²) in [7, 11) is 9.71. The molecule has 0 spiro atoms. The smallest absolute Gasteiger partial charge is 0.143 e. The molecule has 0 aromatic heterocycles. The number of anilines is 12. The van der Waals surface area contributed by atoms with Crippen LogP contribution in [0.15, 0.2) is 109 Å². The number of hydrogen-bond donors (Lipinski definition) is 8. The normalized spacial score (nSPS) is 10.8. The first-order valence-electron chi connectivity index (χ1n) is 23.0. The van der Waals surface area contributed by atoms with E-state index in [1.165, 1.54) is 0 Å². The maximum atomic E-state index is 6.37. The zero-order chi connectivity index (χ0) is 50.2. The van der Waals surface area contributed by atoms with Crippen molar-refractivity contribution in [3.8, 4) is 34.5 Å². The van der Waals surface area contributed by atoms with Gasteiger partial charge in [0.1, 0.15) is 34.5 Å². The van der Waals surface area contributed by atoms with Gasteiger partial charge in [0.2, 0.25) is 0 Å². The standard InChI is InChI=1S/C52H70N12O6/c1-65-47-29-35(7-13-41(47)53)59-19-21-61(37-9-15-43(55)49(31-37)67-3)23-25-63(39-11-17-45(57)51(33-39)69-5)27-28-64(40-12-18-46(58)52(34-40)70-6)26-24-62(38-10-16-44(56)50(32-38)68-4)22-20-60-36-8-14-42(54)48(30-36)66-2/h7-18,29-34,59-60H,19-28,53-58H2,1-6H3. The summed E-state index contributed by atoms with van der Waals surface area (Å²) >= 11 is 0. The van der Waals surface area contributed by atoms with Crippen molar-refractivity contribution in [1.29, 1.82) is 0 Å². The molecule has 6 rings (SSSR count). The van der Waals surface area contributed by atoms with Crippen molar-refractivity contribution in [2.24, 2.45) is 0 Å². The predicted octanol–water partition coefficient (Wildman–Crippen LogP) is 6.78. The number of benzene rings is 6. The average Bonchev–Trinajstić information content (AvgIpc) is 3.37. The molecule has 0 aliphatic heterocycles. The molecule has 0 saturated carbocycles. The second-order valence-electron chi connectivity index (χ2n) is 16.4. The fourth-order valence-corrected chi connectivity index (χ4v) is 8.10. The van der Waals surface area contributed by atoms with Gasteiger partial charge in [0.15, 0.2) is 0 Å². The molecule has 374 valence electrons. The highest BCUT2D eigenvalue weighted by Gasteiger charge is 2.19. The van der Waals surface area contributed by atoms with Gasteiger partial charge in [-0.05, 0) is 72.8 Å². The summed E-state index contributed by atoms with van der Waals surface area (Å²) < 4.78 is 33.8. The van der Waals surface area contributed by atoms with Gasteiger partial charge >= 0.3 is 0 Å². The fourth-order valence-electron chi connectivity index (χ4n) is 8.10. The van der Waals surface area contributed by atoms with E-state index in [0.717, 1.165) is 34.1 Å². The number of nitrogens with one attached hydrogen (secondary N) is 2. The Labute approximate surface area is 411 Å². The molecule has 6 aromatic rings. The molecule has 0 aliphatic rings. The number of methoxy groups -OCH3 is 6. The van der Waals surface area contributed by atoms with E-state index in [2.05, 4.69) is 30.2 Å². The lowest BCUT2D eigenvalue weighted by Gasteiger charge is -2.35. The summed E-state index contributed by atoms with van der Waals surface area (Å²) in [5.74, 6) is 3.59. The van der Waals surface area contributed by atoms with E-state index >= 15 is 0 Å². The van der Waals surface area contributed by atoms with Gasteiger partial charge in [0.05, 0.1) is 76.8 Å². The van der Waals surface area contributed by atoms with Crippen LogP contribution in [0.25, 0.3) is 0 Å². The topological polar surface area (TPSA) is 249 Å². The lowest BCUT2D eigenvalue weighted by Crippen LogP contribution is -2.43. The Morgan fingerprint density at radius 3 is 0.757 bits per heavy atom. The summed E-state index contributed by atoms with van der Waals surface area (Å²) in [6.07, 6.45) is 0. The summed E-state index contributed by atoms with van der Waals surface area (Å²) in [4.78, 5) is 9.30. The quantitative estimate of drug-likeness (QED) is 0.0248. The molecule has 0 radical (unpaired) electrons. The largest absolute Gasteiger partial charge is 0.495 e. The monoisotopic (exact) mass is 959 g/mol. The Hall–Kier alpha value is -8.28. The fraction of sp³-hybridized carbons (Fsp3) is 0.308. The SMILES string of the molecule is COc1cc(NCCN(CCN(CCN(CCN(CCNc2ccc(N)c(OC)c2)c2ccc(N)c(OC)c2)c2ccc(N)c(OC)c2)c2ccc(N)c(OC)c2)c2ccc(N)c(OC)c2)ccc1N. The minimum atomic E-state index is 0.548. The van der Waals surface area contributed by atoms with Crippen LogP contribution in [0, 0.1) is 0 Å². The Morgan fingerprint density at radius 2 is 0.514 bits per heavy atom. The van der Waals surface area contributed by atoms with Gasteiger partial charge in [-0.1, -0.05) is 0 Å². The van der Waals surface area contributed by atoms with Crippen LogP contribution in [0.2, 0.25) is 0 Å². The first-order valence-corrected chi connectivity index (χ1v) is 23.0. The summed E-state index contributed by atoms with van der Waals surface area (Å²) in [6.45, 7) is 6.22. The van der Waals surface area contributed by atoms with E-state index in [4.69, 9.17) is 62.8 Å². The molecule has 0 heterocycles. The van der Waals surface area contributed by atoms with Crippen molar-refractivity contribution in [3.63, 3.8) is 0 Å². The van der Waals surface area contributed by atoms with E-state index < -0.39 is 0 Å². The van der Waals surface area contributed by atoms with E-state index in [1.807, 2.05) is 109 Å². The van der Waals surface area contributed by atoms with Gasteiger partial charge in [-0.3, -0.25) is 0 Å². The highest BCUT2D eigenvalue weighted by Crippen LogP contribution is 2.33. The highest BCUT2D eigenvalue weighted by atomic mass is 16.5. The predicted molar refractivity (Wildman–Crippen MR) is 290 cm³/mol. The zero-order valence-electron chi connectivity index (χ0n) is 41.2. The van der Waals surface area contributed by atoms with Crippen LogP contribution in [-0.4, -0.2) is 108 Å². The molecule has 70 heavy (non-hydrogen) atoms. The molecule has 14 N–H and O–H groups in total. The second kappa shape index (κ2) is 24.7. The average molecular weight is 959 g/mol. The van der Waals surface area contributed by atoms with Crippen LogP contribution < -0.4 is 93.1 Å². The maximum Gasteiger partial charge on any atom is 0.143 e. The summed E-state index contributed by atoms with van der Waals surface area (Å²) in [5.41, 5.74) is 46.5. The van der Waals surface area contributed by atoms with Crippen LogP contribution >= 0.6 is 0 Å². The molecule has 0 amide bonds. The Morgan fingerprint density at radius 1 is 0.300 bits per heavy atom. The molecular weight excluding hydrogens is 889 g/mol. The molecule has 0 unspecified atom stereocenters. The number of nitrogen functional groups attached to an aromatic ring is 6. The number of hydrogen-bond acceptors (Lipinski definition) is 18. The van der Waals surface area contributed by atoms with Crippen molar-refractivity contribution in [3.05, 3.63) is 109 Å². The third-order valence-corrected chi connectivity index (χ3v) is 12.1. The number of rotatable bonds is 27. The van der Waals surface area contributed by atoms with E-state index in [0.29, 0.717) is 134 Å². The van der Waals surface area contributed by atoms with Crippen LogP contribution in [0.5, 0.6) is 34.5 Å². The van der Waals surface area contributed by atoms with Gasteiger partial charge in [0, 0.05) is 136 Å². The van der Waals surface area contributed by atoms with Crippen molar-refractivity contribution in [2.45, 2.75) is 0 Å². The van der Waals surface area contributed by atoms with Gasteiger partial charge in [-0.25, -0.2) is 0 Å². The first-order chi connectivity index (χ1) is 33.9. The Kier molecular flexibility index (Phi) is 18.0.